The quantitative estimate of drug-likeness (QED) is 0.469. The number of fused-ring (bicyclic) bond motifs is 3. The number of amidine groups is 2. The number of nitrogens with one attached hydrogen (secondary N) is 2. The molecule has 0 spiro atoms. The summed E-state index contributed by atoms with van der Waals surface area (Å²) in [7, 11) is 1.56. The van der Waals surface area contributed by atoms with Gasteiger partial charge in [0.05, 0.1) is 37.8 Å². The van der Waals surface area contributed by atoms with E-state index in [0.29, 0.717) is 39.5 Å². The van der Waals surface area contributed by atoms with Crippen LogP contribution in [0.3, 0.4) is 0 Å². The summed E-state index contributed by atoms with van der Waals surface area (Å²) in [6.07, 6.45) is 1.40. The van der Waals surface area contributed by atoms with Gasteiger partial charge >= 0.3 is 0 Å². The van der Waals surface area contributed by atoms with Crippen molar-refractivity contribution in [3.63, 3.8) is 0 Å². The molecule has 5 rings (SSSR count). The SMILES string of the molecule is COc1cccc(NC(=O)CSC2=Nc3ccccc3C3=NC(=O)C(CC(=O)NCc4ccco4)N23)c1. The number of methoxy groups -OCH3 is 1. The molecule has 10 nitrogen and oxygen atoms in total. The summed E-state index contributed by atoms with van der Waals surface area (Å²) in [5.74, 6) is 0.678. The highest BCUT2D eigenvalue weighted by Gasteiger charge is 2.42. The molecule has 1 atom stereocenters. The fraction of sp³-hybridized carbons (Fsp3) is 0.192. The van der Waals surface area contributed by atoms with Gasteiger partial charge in [-0.2, -0.15) is 4.99 Å². The second kappa shape index (κ2) is 10.7. The summed E-state index contributed by atoms with van der Waals surface area (Å²) < 4.78 is 10.4. The molecule has 37 heavy (non-hydrogen) atoms. The number of furan rings is 1. The van der Waals surface area contributed by atoms with E-state index in [1.165, 1.54) is 18.0 Å². The summed E-state index contributed by atoms with van der Waals surface area (Å²) in [6.45, 7) is 0.212. The Bertz CT molecular complexity index is 1400. The van der Waals surface area contributed by atoms with Crippen molar-refractivity contribution >= 4 is 51.9 Å². The van der Waals surface area contributed by atoms with Gasteiger partial charge in [0, 0.05) is 17.3 Å². The molecule has 1 aromatic heterocycles. The lowest BCUT2D eigenvalue weighted by Crippen LogP contribution is -2.46. The molecule has 0 fully saturated rings. The molecule has 2 N–H and O–H groups in total. The molecular weight excluding hydrogens is 494 g/mol. The number of hydrogen-bond donors (Lipinski definition) is 2. The number of aliphatic imine (C=N–C) groups is 2. The van der Waals surface area contributed by atoms with Gasteiger partial charge in [0.25, 0.3) is 5.91 Å². The van der Waals surface area contributed by atoms with Gasteiger partial charge in [0.2, 0.25) is 11.8 Å². The van der Waals surface area contributed by atoms with Crippen LogP contribution in [0.25, 0.3) is 0 Å². The van der Waals surface area contributed by atoms with Gasteiger partial charge in [0.1, 0.15) is 23.4 Å². The molecule has 2 aromatic carbocycles. The molecule has 2 aliphatic heterocycles. The monoisotopic (exact) mass is 517 g/mol. The van der Waals surface area contributed by atoms with Crippen LogP contribution in [0, 0.1) is 0 Å². The third-order valence-electron chi connectivity index (χ3n) is 5.71. The van der Waals surface area contributed by atoms with Crippen molar-refractivity contribution in [3.05, 3.63) is 78.3 Å². The number of hydrogen-bond acceptors (Lipinski definition) is 8. The van der Waals surface area contributed by atoms with E-state index in [-0.39, 0.29) is 30.5 Å². The third-order valence-corrected chi connectivity index (χ3v) is 6.67. The topological polar surface area (TPSA) is 126 Å². The highest BCUT2D eigenvalue weighted by molar-refractivity contribution is 8.14. The summed E-state index contributed by atoms with van der Waals surface area (Å²) in [4.78, 5) is 48.9. The van der Waals surface area contributed by atoms with Crippen LogP contribution in [0.5, 0.6) is 5.75 Å². The molecule has 11 heteroatoms. The number of rotatable bonds is 8. The maximum Gasteiger partial charge on any atom is 0.271 e. The molecule has 3 aromatic rings. The number of nitrogens with zero attached hydrogens (tertiary/aromatic N) is 3. The lowest BCUT2D eigenvalue weighted by Gasteiger charge is -2.30. The zero-order chi connectivity index (χ0) is 25.8. The van der Waals surface area contributed by atoms with Crippen LogP contribution >= 0.6 is 11.8 Å². The van der Waals surface area contributed by atoms with Crippen LogP contribution in [0.1, 0.15) is 17.7 Å². The average Bonchev–Trinajstić information content (AvgIpc) is 3.54. The number of carbonyl (C=O) groups excluding carboxylic acids is 3. The van der Waals surface area contributed by atoms with Gasteiger partial charge in [-0.3, -0.25) is 19.3 Å². The molecule has 0 radical (unpaired) electrons. The fourth-order valence-electron chi connectivity index (χ4n) is 3.98. The summed E-state index contributed by atoms with van der Waals surface area (Å²) in [6, 6.07) is 17.0. The van der Waals surface area contributed by atoms with Crippen molar-refractivity contribution in [2.24, 2.45) is 9.98 Å². The summed E-state index contributed by atoms with van der Waals surface area (Å²) >= 11 is 1.17. The number of carbonyl (C=O) groups is 3. The first-order valence-electron chi connectivity index (χ1n) is 11.5. The molecule has 0 bridgehead atoms. The van der Waals surface area contributed by atoms with E-state index in [0.717, 1.165) is 0 Å². The molecule has 0 saturated carbocycles. The number of amides is 3. The minimum atomic E-state index is -0.868. The minimum Gasteiger partial charge on any atom is -0.497 e. The van der Waals surface area contributed by atoms with Crippen LogP contribution in [0.15, 0.2) is 81.3 Å². The molecule has 2 aliphatic rings. The minimum absolute atomic E-state index is 0.0353. The van der Waals surface area contributed by atoms with Crippen LogP contribution in [0.2, 0.25) is 0 Å². The second-order valence-electron chi connectivity index (χ2n) is 8.20. The molecule has 0 saturated heterocycles. The molecule has 0 aliphatic carbocycles. The zero-order valence-corrected chi connectivity index (χ0v) is 20.7. The van der Waals surface area contributed by atoms with Gasteiger partial charge in [0.15, 0.2) is 5.17 Å². The number of ether oxygens (including phenoxy) is 1. The fourth-order valence-corrected chi connectivity index (χ4v) is 4.82. The number of thioether (sulfide) groups is 1. The predicted octanol–water partition coefficient (Wildman–Crippen LogP) is 3.33. The highest BCUT2D eigenvalue weighted by atomic mass is 32.2. The van der Waals surface area contributed by atoms with Gasteiger partial charge in [-0.1, -0.05) is 30.0 Å². The molecule has 3 amide bonds. The van der Waals surface area contributed by atoms with Crippen LogP contribution in [-0.4, -0.2) is 52.5 Å². The molecular formula is C26H23N5O5S. The zero-order valence-electron chi connectivity index (χ0n) is 19.8. The van der Waals surface area contributed by atoms with Crippen molar-refractivity contribution in [2.75, 3.05) is 18.2 Å². The number of benzene rings is 2. The Hall–Kier alpha value is -4.38. The summed E-state index contributed by atoms with van der Waals surface area (Å²) in [5.41, 5.74) is 1.94. The predicted molar refractivity (Wildman–Crippen MR) is 140 cm³/mol. The Labute approximate surface area is 216 Å². The number of para-hydroxylation sites is 1. The van der Waals surface area contributed by atoms with E-state index in [9.17, 15) is 14.4 Å². The van der Waals surface area contributed by atoms with Crippen LogP contribution < -0.4 is 15.4 Å². The van der Waals surface area contributed by atoms with E-state index in [1.54, 1.807) is 48.4 Å². The van der Waals surface area contributed by atoms with Gasteiger partial charge < -0.3 is 19.8 Å². The highest BCUT2D eigenvalue weighted by Crippen LogP contribution is 2.35. The molecule has 3 heterocycles. The Kier molecular flexibility index (Phi) is 7.04. The maximum atomic E-state index is 12.9. The van der Waals surface area contributed by atoms with Crippen molar-refractivity contribution in [1.29, 1.82) is 0 Å². The van der Waals surface area contributed by atoms with Crippen molar-refractivity contribution in [3.8, 4) is 5.75 Å². The van der Waals surface area contributed by atoms with Crippen molar-refractivity contribution < 1.29 is 23.5 Å². The standard InChI is InChI=1S/C26H23N5O5S/c1-35-17-7-4-6-16(12-17)28-23(33)15-37-26-29-20-10-3-2-9-19(20)24-30-25(34)21(31(24)26)13-22(32)27-14-18-8-5-11-36-18/h2-12,21H,13-15H2,1H3,(H,27,32)(H,28,33). The van der Waals surface area contributed by atoms with Gasteiger partial charge in [-0.15, -0.1) is 0 Å². The first-order chi connectivity index (χ1) is 18.0. The van der Waals surface area contributed by atoms with Gasteiger partial charge in [-0.25, -0.2) is 4.99 Å². The lowest BCUT2D eigenvalue weighted by atomic mass is 10.1. The second-order valence-corrected chi connectivity index (χ2v) is 9.14. The van der Waals surface area contributed by atoms with E-state index >= 15 is 0 Å². The Morgan fingerprint density at radius 2 is 1.95 bits per heavy atom. The first-order valence-corrected chi connectivity index (χ1v) is 12.5. The maximum absolute atomic E-state index is 12.9. The normalized spacial score (nSPS) is 15.9. The lowest BCUT2D eigenvalue weighted by molar-refractivity contribution is -0.126. The Morgan fingerprint density at radius 1 is 1.08 bits per heavy atom. The third kappa shape index (κ3) is 5.41. The average molecular weight is 518 g/mol. The van der Waals surface area contributed by atoms with Crippen molar-refractivity contribution in [1.82, 2.24) is 10.2 Å². The largest absolute Gasteiger partial charge is 0.497 e. The Balaban J connectivity index is 1.31. The van der Waals surface area contributed by atoms with Crippen LogP contribution in [-0.2, 0) is 20.9 Å². The van der Waals surface area contributed by atoms with E-state index in [2.05, 4.69) is 15.6 Å². The van der Waals surface area contributed by atoms with Crippen molar-refractivity contribution in [2.45, 2.75) is 19.0 Å². The first kappa shape index (κ1) is 24.3. The van der Waals surface area contributed by atoms with Gasteiger partial charge in [-0.05, 0) is 36.4 Å². The molecule has 1 unspecified atom stereocenters. The number of anilines is 1. The summed E-state index contributed by atoms with van der Waals surface area (Å²) in [5, 5.41) is 6.02. The van der Waals surface area contributed by atoms with E-state index in [4.69, 9.17) is 14.1 Å². The van der Waals surface area contributed by atoms with Crippen LogP contribution in [0.4, 0.5) is 11.4 Å². The van der Waals surface area contributed by atoms with E-state index in [1.807, 2.05) is 24.3 Å². The molecule has 188 valence electrons. The van der Waals surface area contributed by atoms with E-state index < -0.39 is 11.9 Å². The smallest absolute Gasteiger partial charge is 0.271 e. The Morgan fingerprint density at radius 3 is 2.76 bits per heavy atom.